The molecule has 4 rings (SSSR count). The highest BCUT2D eigenvalue weighted by Crippen LogP contribution is 2.26. The van der Waals surface area contributed by atoms with E-state index >= 15 is 0 Å². The van der Waals surface area contributed by atoms with E-state index in [1.807, 2.05) is 36.4 Å². The second-order valence-corrected chi connectivity index (χ2v) is 8.79. The maximum Gasteiger partial charge on any atom is 0.193 e. The predicted molar refractivity (Wildman–Crippen MR) is 129 cm³/mol. The molecule has 0 saturated carbocycles. The molecule has 2 heterocycles. The second kappa shape index (κ2) is 10.7. The molecule has 0 amide bonds. The fourth-order valence-corrected chi connectivity index (χ4v) is 4.21. The smallest absolute Gasteiger partial charge is 0.193 e. The number of hydrogen-bond acceptors (Lipinski definition) is 5. The number of methoxy groups -OCH3 is 1. The van der Waals surface area contributed by atoms with Gasteiger partial charge in [0.25, 0.3) is 0 Å². The summed E-state index contributed by atoms with van der Waals surface area (Å²) in [5, 5.41) is 0.561. The van der Waals surface area contributed by atoms with E-state index in [0.29, 0.717) is 23.3 Å². The zero-order chi connectivity index (χ0) is 22.3. The van der Waals surface area contributed by atoms with Gasteiger partial charge in [0.05, 0.1) is 19.1 Å². The highest BCUT2D eigenvalue weighted by atomic mass is 16.5. The van der Waals surface area contributed by atoms with Gasteiger partial charge in [-0.15, -0.1) is 0 Å². The van der Waals surface area contributed by atoms with Crippen LogP contribution in [0.1, 0.15) is 39.0 Å². The molecule has 0 unspecified atom stereocenters. The first-order valence-electron chi connectivity index (χ1n) is 11.7. The van der Waals surface area contributed by atoms with Gasteiger partial charge in [-0.1, -0.05) is 6.92 Å². The second-order valence-electron chi connectivity index (χ2n) is 8.79. The van der Waals surface area contributed by atoms with E-state index in [1.54, 1.807) is 13.2 Å². The van der Waals surface area contributed by atoms with E-state index < -0.39 is 0 Å². The number of rotatable bonds is 9. The van der Waals surface area contributed by atoms with Crippen molar-refractivity contribution in [1.29, 1.82) is 0 Å². The number of ether oxygens (including phenoxy) is 2. The van der Waals surface area contributed by atoms with E-state index in [2.05, 4.69) is 11.8 Å². The molecule has 0 bridgehead atoms. The molecule has 0 N–H and O–H groups in total. The van der Waals surface area contributed by atoms with E-state index in [1.165, 1.54) is 45.0 Å². The number of unbranched alkanes of at least 4 members (excludes halogenated alkanes) is 2. The SMILES string of the molecule is COc1ccc(-c2cc(=O)c3ccc(OCCCCCN4CCC(C)CC4)cc3o2)cc1. The summed E-state index contributed by atoms with van der Waals surface area (Å²) < 4.78 is 17.2. The fourth-order valence-electron chi connectivity index (χ4n) is 4.21. The van der Waals surface area contributed by atoms with Crippen molar-refractivity contribution in [3.63, 3.8) is 0 Å². The Morgan fingerprint density at radius 2 is 1.72 bits per heavy atom. The Morgan fingerprint density at radius 1 is 0.969 bits per heavy atom. The molecule has 32 heavy (non-hydrogen) atoms. The minimum absolute atomic E-state index is 0.0595. The Hall–Kier alpha value is -2.79. The molecule has 5 heteroatoms. The zero-order valence-corrected chi connectivity index (χ0v) is 19.1. The Kier molecular flexibility index (Phi) is 7.48. The molecule has 170 valence electrons. The third kappa shape index (κ3) is 5.71. The molecule has 0 aliphatic carbocycles. The van der Waals surface area contributed by atoms with Crippen molar-refractivity contribution in [3.05, 3.63) is 58.8 Å². The number of piperidine rings is 1. The van der Waals surface area contributed by atoms with Crippen LogP contribution in [0.15, 0.2) is 57.7 Å². The van der Waals surface area contributed by atoms with Gasteiger partial charge < -0.3 is 18.8 Å². The van der Waals surface area contributed by atoms with Gasteiger partial charge in [-0.05, 0) is 94.1 Å². The molecule has 1 aromatic heterocycles. The fraction of sp³-hybridized carbons (Fsp3) is 0.444. The molecule has 0 spiro atoms. The number of fused-ring (bicyclic) bond motifs is 1. The minimum Gasteiger partial charge on any atom is -0.497 e. The van der Waals surface area contributed by atoms with Gasteiger partial charge in [-0.25, -0.2) is 0 Å². The summed E-state index contributed by atoms with van der Waals surface area (Å²) in [6.45, 7) is 6.72. The average Bonchev–Trinajstić information content (AvgIpc) is 2.82. The topological polar surface area (TPSA) is 51.9 Å². The number of hydrogen-bond donors (Lipinski definition) is 0. The predicted octanol–water partition coefficient (Wildman–Crippen LogP) is 5.75. The largest absolute Gasteiger partial charge is 0.497 e. The molecular weight excluding hydrogens is 402 g/mol. The maximum atomic E-state index is 12.6. The first-order chi connectivity index (χ1) is 15.6. The lowest BCUT2D eigenvalue weighted by Crippen LogP contribution is -2.33. The highest BCUT2D eigenvalue weighted by Gasteiger charge is 2.14. The van der Waals surface area contributed by atoms with Gasteiger partial charge in [0.15, 0.2) is 5.43 Å². The first-order valence-corrected chi connectivity index (χ1v) is 11.7. The zero-order valence-electron chi connectivity index (χ0n) is 19.1. The third-order valence-corrected chi connectivity index (χ3v) is 6.34. The molecular formula is C27H33NO4. The van der Waals surface area contributed by atoms with Crippen LogP contribution in [0.5, 0.6) is 11.5 Å². The molecule has 1 fully saturated rings. The van der Waals surface area contributed by atoms with Crippen molar-refractivity contribution in [2.24, 2.45) is 5.92 Å². The van der Waals surface area contributed by atoms with Crippen molar-refractivity contribution in [2.45, 2.75) is 39.0 Å². The van der Waals surface area contributed by atoms with Crippen molar-refractivity contribution >= 4 is 11.0 Å². The average molecular weight is 436 g/mol. The lowest BCUT2D eigenvalue weighted by molar-refractivity contribution is 0.187. The van der Waals surface area contributed by atoms with Crippen LogP contribution in [0, 0.1) is 5.92 Å². The normalized spacial score (nSPS) is 15.2. The van der Waals surface area contributed by atoms with E-state index in [-0.39, 0.29) is 5.43 Å². The van der Waals surface area contributed by atoms with Crippen LogP contribution in [-0.4, -0.2) is 38.3 Å². The summed E-state index contributed by atoms with van der Waals surface area (Å²) in [6.07, 6.45) is 6.08. The summed E-state index contributed by atoms with van der Waals surface area (Å²) >= 11 is 0. The Labute approximate surface area is 189 Å². The van der Waals surface area contributed by atoms with Gasteiger partial charge >= 0.3 is 0 Å². The van der Waals surface area contributed by atoms with Crippen LogP contribution < -0.4 is 14.9 Å². The summed E-state index contributed by atoms with van der Waals surface area (Å²) in [6, 6.07) is 14.5. The lowest BCUT2D eigenvalue weighted by Gasteiger charge is -2.30. The molecule has 0 atom stereocenters. The maximum absolute atomic E-state index is 12.6. The molecule has 1 aliphatic rings. The van der Waals surface area contributed by atoms with Gasteiger partial charge in [0.2, 0.25) is 0 Å². The van der Waals surface area contributed by atoms with Crippen LogP contribution in [0.4, 0.5) is 0 Å². The van der Waals surface area contributed by atoms with Gasteiger partial charge in [0, 0.05) is 17.7 Å². The summed E-state index contributed by atoms with van der Waals surface area (Å²) in [7, 11) is 1.63. The number of nitrogens with zero attached hydrogens (tertiary/aromatic N) is 1. The monoisotopic (exact) mass is 435 g/mol. The van der Waals surface area contributed by atoms with Crippen LogP contribution in [-0.2, 0) is 0 Å². The molecule has 2 aromatic carbocycles. The summed E-state index contributed by atoms with van der Waals surface area (Å²) in [4.78, 5) is 15.1. The molecule has 1 aliphatic heterocycles. The van der Waals surface area contributed by atoms with Crippen LogP contribution in [0.3, 0.4) is 0 Å². The number of benzene rings is 2. The van der Waals surface area contributed by atoms with Crippen molar-refractivity contribution in [2.75, 3.05) is 33.4 Å². The van der Waals surface area contributed by atoms with Crippen molar-refractivity contribution in [1.82, 2.24) is 4.90 Å². The van der Waals surface area contributed by atoms with Crippen molar-refractivity contribution < 1.29 is 13.9 Å². The molecule has 3 aromatic rings. The summed E-state index contributed by atoms with van der Waals surface area (Å²) in [5.74, 6) is 2.92. The molecule has 0 radical (unpaired) electrons. The number of likely N-dealkylation sites (tertiary alicyclic amines) is 1. The molecule has 1 saturated heterocycles. The van der Waals surface area contributed by atoms with Crippen LogP contribution in [0.25, 0.3) is 22.3 Å². The minimum atomic E-state index is -0.0595. The third-order valence-electron chi connectivity index (χ3n) is 6.34. The van der Waals surface area contributed by atoms with Gasteiger partial charge in [-0.2, -0.15) is 0 Å². The Morgan fingerprint density at radius 3 is 2.47 bits per heavy atom. The molecule has 5 nitrogen and oxygen atoms in total. The Bertz CT molecular complexity index is 1070. The van der Waals surface area contributed by atoms with Gasteiger partial charge in [0.1, 0.15) is 22.8 Å². The first kappa shape index (κ1) is 22.4. The van der Waals surface area contributed by atoms with E-state index in [9.17, 15) is 4.79 Å². The quantitative estimate of drug-likeness (QED) is 0.401. The van der Waals surface area contributed by atoms with Crippen LogP contribution >= 0.6 is 0 Å². The lowest BCUT2D eigenvalue weighted by atomic mass is 9.99. The van der Waals surface area contributed by atoms with Gasteiger partial charge in [-0.3, -0.25) is 4.79 Å². The van der Waals surface area contributed by atoms with Crippen LogP contribution in [0.2, 0.25) is 0 Å². The highest BCUT2D eigenvalue weighted by molar-refractivity contribution is 5.80. The van der Waals surface area contributed by atoms with E-state index in [4.69, 9.17) is 13.9 Å². The Balaban J connectivity index is 1.31. The standard InChI is InChI=1S/C27H33NO4/c1-20-12-15-28(16-13-20)14-4-3-5-17-31-23-10-11-24-25(29)19-26(32-27(24)18-23)21-6-8-22(30-2)9-7-21/h6-11,18-20H,3-5,12-17H2,1-2H3. The van der Waals surface area contributed by atoms with E-state index in [0.717, 1.165) is 35.8 Å². The summed E-state index contributed by atoms with van der Waals surface area (Å²) in [5.41, 5.74) is 1.31. The van der Waals surface area contributed by atoms with Crippen molar-refractivity contribution in [3.8, 4) is 22.8 Å².